The van der Waals surface area contributed by atoms with Crippen molar-refractivity contribution in [3.8, 4) is 0 Å². The molecule has 5 fully saturated rings. The maximum Gasteiger partial charge on any atom is 0.307 e. The van der Waals surface area contributed by atoms with Gasteiger partial charge < -0.3 is 33.4 Å². The quantitative estimate of drug-likeness (QED) is 0.0936. The summed E-state index contributed by atoms with van der Waals surface area (Å²) < 4.78 is 0. The first-order valence-electron chi connectivity index (χ1n) is 25.6. The average molecular weight is 962 g/mol. The minimum Gasteiger partial charge on any atom is -0.481 e. The van der Waals surface area contributed by atoms with Crippen LogP contribution >= 0.6 is 0 Å². The molecule has 4 aromatic rings. The molecule has 5 unspecified atom stereocenters. The molecule has 10 N–H and O–H groups in total. The van der Waals surface area contributed by atoms with E-state index >= 15 is 0 Å². The topological polar surface area (TPSA) is 201 Å². The van der Waals surface area contributed by atoms with E-state index in [-0.39, 0.29) is 37.0 Å². The molecule has 0 aliphatic carbocycles. The van der Waals surface area contributed by atoms with Crippen molar-refractivity contribution >= 4 is 17.8 Å². The van der Waals surface area contributed by atoms with E-state index in [1.54, 1.807) is 0 Å². The van der Waals surface area contributed by atoms with Gasteiger partial charge in [0.25, 0.3) is 0 Å². The number of aliphatic carboxylic acids is 1. The number of carbonyl (C=O) groups is 3. The second-order valence-electron chi connectivity index (χ2n) is 19.6. The Balaban J connectivity index is 0.000000193. The Labute approximate surface area is 420 Å². The third kappa shape index (κ3) is 22.8. The summed E-state index contributed by atoms with van der Waals surface area (Å²) in [4.78, 5) is 42.5. The fraction of sp³-hybridized carbons (Fsp3) is 0.526. The molecule has 5 aliphatic heterocycles. The zero-order valence-electron chi connectivity index (χ0n) is 41.2. The normalized spacial score (nSPS) is 23.0. The number of nitrogens with one attached hydrogen (secondary N) is 1. The van der Waals surface area contributed by atoms with E-state index in [4.69, 9.17) is 28.0 Å². The lowest BCUT2D eigenvalue weighted by molar-refractivity contribution is -0.143. The first-order chi connectivity index (χ1) is 33.5. The van der Waals surface area contributed by atoms with Crippen LogP contribution in [0.5, 0.6) is 0 Å². The number of primary amides is 2. The predicted octanol–water partition coefficient (Wildman–Crippen LogP) is 6.69. The zero-order chi connectivity index (χ0) is 49.1. The van der Waals surface area contributed by atoms with Crippen molar-refractivity contribution in [3.05, 3.63) is 144 Å². The highest BCUT2D eigenvalue weighted by Crippen LogP contribution is 2.21. The van der Waals surface area contributed by atoms with Crippen LogP contribution in [0, 0.1) is 17.8 Å². The smallest absolute Gasteiger partial charge is 0.307 e. The molecule has 0 spiro atoms. The highest BCUT2D eigenvalue weighted by Gasteiger charge is 2.26. The van der Waals surface area contributed by atoms with E-state index in [0.29, 0.717) is 18.6 Å². The largest absolute Gasteiger partial charge is 0.481 e. The van der Waals surface area contributed by atoms with Crippen LogP contribution in [0.4, 0.5) is 0 Å². The number of likely N-dealkylation sites (tertiary alicyclic amines) is 4. The molecule has 0 saturated carbocycles. The highest BCUT2D eigenvalue weighted by molar-refractivity contribution is 5.77. The van der Waals surface area contributed by atoms with Gasteiger partial charge in [0.2, 0.25) is 11.8 Å². The van der Waals surface area contributed by atoms with Gasteiger partial charge in [0, 0.05) is 71.0 Å². The number of carbonyl (C=O) groups excluding carboxylic acids is 2. The minimum atomic E-state index is -0.655. The Morgan fingerprint density at radius 3 is 1.06 bits per heavy atom. The fourth-order valence-corrected chi connectivity index (χ4v) is 9.74. The summed E-state index contributed by atoms with van der Waals surface area (Å²) in [5.41, 5.74) is 27.5. The molecule has 4 aromatic carbocycles. The summed E-state index contributed by atoms with van der Waals surface area (Å²) in [6.45, 7) is 13.6. The van der Waals surface area contributed by atoms with E-state index in [0.717, 1.165) is 117 Å². The van der Waals surface area contributed by atoms with Gasteiger partial charge in [0.1, 0.15) is 0 Å². The molecule has 70 heavy (non-hydrogen) atoms. The predicted molar refractivity (Wildman–Crippen MR) is 285 cm³/mol. The maximum atomic E-state index is 11.1. The van der Waals surface area contributed by atoms with E-state index in [2.05, 4.69) is 91.6 Å². The van der Waals surface area contributed by atoms with Gasteiger partial charge in [-0.05, 0) is 119 Å². The van der Waals surface area contributed by atoms with Gasteiger partial charge in [-0.15, -0.1) is 0 Å². The van der Waals surface area contributed by atoms with Crippen LogP contribution < -0.4 is 28.3 Å². The molecule has 2 amide bonds. The molecule has 0 radical (unpaired) electrons. The van der Waals surface area contributed by atoms with Crippen molar-refractivity contribution in [2.24, 2.45) is 40.7 Å². The van der Waals surface area contributed by atoms with Gasteiger partial charge in [0.15, 0.2) is 0 Å². The van der Waals surface area contributed by atoms with Crippen molar-refractivity contribution in [3.63, 3.8) is 0 Å². The number of piperidine rings is 5. The molecule has 5 aliphatic rings. The lowest BCUT2D eigenvalue weighted by atomic mass is 9.97. The molecule has 384 valence electrons. The van der Waals surface area contributed by atoms with Gasteiger partial charge >= 0.3 is 5.97 Å². The van der Waals surface area contributed by atoms with E-state index in [9.17, 15) is 14.4 Å². The van der Waals surface area contributed by atoms with Gasteiger partial charge in [-0.2, -0.15) is 0 Å². The van der Waals surface area contributed by atoms with Gasteiger partial charge in [0.05, 0.1) is 17.8 Å². The van der Waals surface area contributed by atoms with Crippen LogP contribution in [0.1, 0.15) is 93.9 Å². The van der Waals surface area contributed by atoms with Crippen molar-refractivity contribution in [1.29, 1.82) is 0 Å². The lowest BCUT2D eigenvalue weighted by Gasteiger charge is -2.31. The minimum absolute atomic E-state index is 0. The Bertz CT molecular complexity index is 1840. The fourth-order valence-electron chi connectivity index (χ4n) is 9.74. The van der Waals surface area contributed by atoms with Crippen molar-refractivity contribution in [1.82, 2.24) is 24.9 Å². The van der Waals surface area contributed by atoms with Crippen LogP contribution in [0.2, 0.25) is 0 Å². The number of hydrogen-bond acceptors (Lipinski definition) is 10. The number of rotatable bonds is 11. The SMILES string of the molecule is C.NC(=O)C1CCCN(Cc2ccccc2)C1.NC(=O)C1CCCN(Cc2ccccc2)C1.NC1CCCN(Cc2ccccc2)C1.NC1CCCNC1.O=C(O)C1CCCN(Cc2ccccc2)C1. The summed E-state index contributed by atoms with van der Waals surface area (Å²) in [5.74, 6) is -1.07. The maximum absolute atomic E-state index is 11.1. The molecule has 5 heterocycles. The summed E-state index contributed by atoms with van der Waals surface area (Å²) >= 11 is 0. The number of benzene rings is 4. The third-order valence-electron chi connectivity index (χ3n) is 13.5. The zero-order valence-corrected chi connectivity index (χ0v) is 41.2. The van der Waals surface area contributed by atoms with Gasteiger partial charge in [-0.25, -0.2) is 0 Å². The number of carboxylic acid groups (broad SMARTS) is 1. The average Bonchev–Trinajstić information content (AvgIpc) is 3.37. The summed E-state index contributed by atoms with van der Waals surface area (Å²) in [5, 5.41) is 12.2. The van der Waals surface area contributed by atoms with E-state index in [1.165, 1.54) is 54.5 Å². The van der Waals surface area contributed by atoms with Crippen LogP contribution in [0.3, 0.4) is 0 Å². The van der Waals surface area contributed by atoms with Crippen molar-refractivity contribution in [2.75, 3.05) is 65.4 Å². The standard InChI is InChI=1S/2C13H18N2O.C13H17NO2.C12H18N2.C5H12N2.CH4/c2*14-13(16)12-7-4-8-15(10-12)9-11-5-2-1-3-6-11;15-13(16)12-7-4-8-14(10-12)9-11-5-2-1-3-6-11;13-12-7-4-8-14(10-12)9-11-5-2-1-3-6-11;6-5-2-1-3-7-4-5;/h2*1-3,5-6,12H,4,7-10H2,(H2,14,16);1-3,5-6,12H,4,7-10H2,(H,15,16);1-3,5-6,12H,4,7-10,13H2;5,7H,1-4,6H2;1H4. The number of nitrogens with two attached hydrogens (primary N) is 4. The van der Waals surface area contributed by atoms with Crippen LogP contribution in [0.25, 0.3) is 0 Å². The summed E-state index contributed by atoms with van der Waals surface area (Å²) in [6.07, 6.45) is 10.7. The Morgan fingerprint density at radius 1 is 0.457 bits per heavy atom. The molecular weight excluding hydrogens is 875 g/mol. The first-order valence-corrected chi connectivity index (χ1v) is 25.6. The lowest BCUT2D eigenvalue weighted by Crippen LogP contribution is -2.42. The van der Waals surface area contributed by atoms with Gasteiger partial charge in [-0.3, -0.25) is 34.0 Å². The molecular formula is C57H87N9O4. The summed E-state index contributed by atoms with van der Waals surface area (Å²) in [7, 11) is 0. The number of amides is 2. The molecule has 13 heteroatoms. The Morgan fingerprint density at radius 2 is 0.771 bits per heavy atom. The number of hydrogen-bond donors (Lipinski definition) is 6. The molecule has 5 saturated heterocycles. The molecule has 9 rings (SSSR count). The number of carboxylic acids is 1. The van der Waals surface area contributed by atoms with Crippen molar-refractivity contribution in [2.45, 2.75) is 110 Å². The molecule has 13 nitrogen and oxygen atoms in total. The third-order valence-corrected chi connectivity index (χ3v) is 13.5. The Hall–Kier alpha value is -4.99. The first kappa shape index (κ1) is 57.6. The second-order valence-corrected chi connectivity index (χ2v) is 19.6. The number of nitrogens with zero attached hydrogens (tertiary/aromatic N) is 4. The Kier molecular flexibility index (Phi) is 27.0. The monoisotopic (exact) mass is 962 g/mol. The van der Waals surface area contributed by atoms with Crippen LogP contribution in [-0.2, 0) is 40.6 Å². The van der Waals surface area contributed by atoms with E-state index < -0.39 is 5.97 Å². The second kappa shape index (κ2) is 32.8. The molecule has 0 bridgehead atoms. The van der Waals surface area contributed by atoms with Crippen LogP contribution in [-0.4, -0.2) is 120 Å². The summed E-state index contributed by atoms with van der Waals surface area (Å²) in [6, 6.07) is 42.3. The van der Waals surface area contributed by atoms with Crippen LogP contribution in [0.15, 0.2) is 121 Å². The van der Waals surface area contributed by atoms with E-state index in [1.807, 2.05) is 54.6 Å². The van der Waals surface area contributed by atoms with Gasteiger partial charge in [-0.1, -0.05) is 129 Å². The highest BCUT2D eigenvalue weighted by atomic mass is 16.4. The molecule has 5 atom stereocenters. The van der Waals surface area contributed by atoms with Crippen molar-refractivity contribution < 1.29 is 19.5 Å². The molecule has 0 aromatic heterocycles.